The van der Waals surface area contributed by atoms with Crippen molar-refractivity contribution in [2.45, 2.75) is 45.7 Å². The summed E-state index contributed by atoms with van der Waals surface area (Å²) in [4.78, 5) is 17.3. The molecule has 3 aromatic rings. The monoisotopic (exact) mass is 335 g/mol. The van der Waals surface area contributed by atoms with E-state index in [4.69, 9.17) is 4.98 Å². The number of fused-ring (bicyclic) bond motifs is 1. The zero-order valence-electron chi connectivity index (χ0n) is 14.9. The van der Waals surface area contributed by atoms with E-state index < -0.39 is 0 Å². The lowest BCUT2D eigenvalue weighted by Gasteiger charge is -2.16. The third kappa shape index (κ3) is 3.90. The van der Waals surface area contributed by atoms with E-state index in [0.717, 1.165) is 29.8 Å². The van der Waals surface area contributed by atoms with Crippen LogP contribution >= 0.6 is 0 Å². The van der Waals surface area contributed by atoms with E-state index in [1.807, 2.05) is 55.5 Å². The molecule has 1 aromatic heterocycles. The first kappa shape index (κ1) is 17.2. The Morgan fingerprint density at radius 2 is 1.80 bits per heavy atom. The molecule has 0 saturated heterocycles. The van der Waals surface area contributed by atoms with E-state index in [1.165, 1.54) is 12.8 Å². The number of carbonyl (C=O) groups excluding carboxylic acids is 1. The summed E-state index contributed by atoms with van der Waals surface area (Å²) in [5.74, 6) is 0.849. The second kappa shape index (κ2) is 7.97. The van der Waals surface area contributed by atoms with Crippen molar-refractivity contribution in [2.24, 2.45) is 0 Å². The Balaban J connectivity index is 1.85. The van der Waals surface area contributed by atoms with Crippen molar-refractivity contribution in [3.05, 3.63) is 66.0 Å². The van der Waals surface area contributed by atoms with Crippen LogP contribution in [0, 0.1) is 0 Å². The summed E-state index contributed by atoms with van der Waals surface area (Å²) < 4.78 is 2.25. The second-order valence-corrected chi connectivity index (χ2v) is 6.38. The molecule has 130 valence electrons. The molecule has 1 N–H and O–H groups in total. The average Bonchev–Trinajstić information content (AvgIpc) is 3.01. The molecule has 1 heterocycles. The fourth-order valence-electron chi connectivity index (χ4n) is 3.11. The maximum absolute atomic E-state index is 12.5. The van der Waals surface area contributed by atoms with Gasteiger partial charge >= 0.3 is 0 Å². The zero-order chi connectivity index (χ0) is 17.6. The number of imidazole rings is 1. The Hall–Kier alpha value is -2.62. The molecule has 0 bridgehead atoms. The van der Waals surface area contributed by atoms with Gasteiger partial charge < -0.3 is 9.88 Å². The number of benzene rings is 2. The highest BCUT2D eigenvalue weighted by Gasteiger charge is 2.18. The SMILES string of the molecule is CCCCCn1c([C@@H](C)NC(=O)c2ccccc2)nc2ccccc21. The molecule has 3 rings (SSSR count). The molecule has 25 heavy (non-hydrogen) atoms. The Morgan fingerprint density at radius 3 is 2.56 bits per heavy atom. The lowest BCUT2D eigenvalue weighted by Crippen LogP contribution is -2.28. The number of nitrogens with zero attached hydrogens (tertiary/aromatic N) is 2. The van der Waals surface area contributed by atoms with Gasteiger partial charge in [0.25, 0.3) is 5.91 Å². The lowest BCUT2D eigenvalue weighted by atomic mass is 10.2. The highest BCUT2D eigenvalue weighted by Crippen LogP contribution is 2.22. The van der Waals surface area contributed by atoms with E-state index in [1.54, 1.807) is 0 Å². The summed E-state index contributed by atoms with van der Waals surface area (Å²) in [7, 11) is 0. The fraction of sp³-hybridized carbons (Fsp3) is 0.333. The summed E-state index contributed by atoms with van der Waals surface area (Å²) in [6.07, 6.45) is 3.49. The summed E-state index contributed by atoms with van der Waals surface area (Å²) in [5.41, 5.74) is 2.78. The number of para-hydroxylation sites is 2. The minimum Gasteiger partial charge on any atom is -0.342 e. The van der Waals surface area contributed by atoms with Crippen LogP contribution in [0.1, 0.15) is 55.3 Å². The second-order valence-electron chi connectivity index (χ2n) is 6.38. The smallest absolute Gasteiger partial charge is 0.251 e. The Labute approximate surface area is 148 Å². The number of amides is 1. The van der Waals surface area contributed by atoms with Crippen molar-refractivity contribution in [3.8, 4) is 0 Å². The van der Waals surface area contributed by atoms with Gasteiger partial charge in [-0.1, -0.05) is 50.1 Å². The molecule has 4 heteroatoms. The minimum atomic E-state index is -0.151. The van der Waals surface area contributed by atoms with Crippen LogP contribution in [0.25, 0.3) is 11.0 Å². The van der Waals surface area contributed by atoms with Gasteiger partial charge in [-0.2, -0.15) is 0 Å². The summed E-state index contributed by atoms with van der Waals surface area (Å²) in [5, 5.41) is 3.08. The first-order chi connectivity index (χ1) is 12.2. The number of aryl methyl sites for hydroxylation is 1. The number of hydrogen-bond acceptors (Lipinski definition) is 2. The van der Waals surface area contributed by atoms with Crippen molar-refractivity contribution in [1.29, 1.82) is 0 Å². The molecule has 0 aliphatic heterocycles. The van der Waals surface area contributed by atoms with Gasteiger partial charge in [-0.25, -0.2) is 4.98 Å². The van der Waals surface area contributed by atoms with Gasteiger partial charge in [0, 0.05) is 12.1 Å². The molecule has 1 amide bonds. The van der Waals surface area contributed by atoms with Crippen LogP contribution in [-0.2, 0) is 6.54 Å². The van der Waals surface area contributed by atoms with Crippen molar-refractivity contribution in [3.63, 3.8) is 0 Å². The minimum absolute atomic E-state index is 0.0692. The average molecular weight is 335 g/mol. The number of nitrogens with one attached hydrogen (secondary N) is 1. The molecule has 0 fully saturated rings. The maximum Gasteiger partial charge on any atom is 0.251 e. The van der Waals surface area contributed by atoms with Gasteiger partial charge in [0.1, 0.15) is 5.82 Å². The summed E-state index contributed by atoms with van der Waals surface area (Å²) in [6, 6.07) is 17.3. The van der Waals surface area contributed by atoms with Gasteiger partial charge in [-0.3, -0.25) is 4.79 Å². The van der Waals surface area contributed by atoms with Crippen molar-refractivity contribution in [2.75, 3.05) is 0 Å². The topological polar surface area (TPSA) is 46.9 Å². The summed E-state index contributed by atoms with van der Waals surface area (Å²) in [6.45, 7) is 5.13. The van der Waals surface area contributed by atoms with Crippen molar-refractivity contribution in [1.82, 2.24) is 14.9 Å². The number of carbonyl (C=O) groups is 1. The molecular formula is C21H25N3O. The molecule has 0 radical (unpaired) electrons. The van der Waals surface area contributed by atoms with E-state index >= 15 is 0 Å². The van der Waals surface area contributed by atoms with Gasteiger partial charge in [-0.15, -0.1) is 0 Å². The van der Waals surface area contributed by atoms with Gasteiger partial charge in [0.05, 0.1) is 17.1 Å². The van der Waals surface area contributed by atoms with E-state index in [0.29, 0.717) is 5.56 Å². The van der Waals surface area contributed by atoms with Crippen molar-refractivity contribution >= 4 is 16.9 Å². The van der Waals surface area contributed by atoms with Crippen LogP contribution in [-0.4, -0.2) is 15.5 Å². The Kier molecular flexibility index (Phi) is 5.49. The number of rotatable bonds is 7. The predicted molar refractivity (Wildman–Crippen MR) is 102 cm³/mol. The van der Waals surface area contributed by atoms with Crippen LogP contribution < -0.4 is 5.32 Å². The van der Waals surface area contributed by atoms with Gasteiger partial charge in [0.2, 0.25) is 0 Å². The van der Waals surface area contributed by atoms with E-state index in [-0.39, 0.29) is 11.9 Å². The molecule has 0 aliphatic carbocycles. The predicted octanol–water partition coefficient (Wildman–Crippen LogP) is 4.72. The zero-order valence-corrected chi connectivity index (χ0v) is 14.9. The van der Waals surface area contributed by atoms with Gasteiger partial charge in [-0.05, 0) is 37.6 Å². The number of aromatic nitrogens is 2. The first-order valence-corrected chi connectivity index (χ1v) is 9.01. The molecule has 2 aromatic carbocycles. The normalized spacial score (nSPS) is 12.2. The first-order valence-electron chi connectivity index (χ1n) is 9.01. The Bertz CT molecular complexity index is 839. The third-order valence-corrected chi connectivity index (χ3v) is 4.44. The molecule has 1 atom stereocenters. The quantitative estimate of drug-likeness (QED) is 0.635. The fourth-order valence-corrected chi connectivity index (χ4v) is 3.11. The van der Waals surface area contributed by atoms with Crippen LogP contribution in [0.15, 0.2) is 54.6 Å². The molecule has 0 unspecified atom stereocenters. The molecule has 0 spiro atoms. The van der Waals surface area contributed by atoms with Crippen LogP contribution in [0.2, 0.25) is 0 Å². The highest BCUT2D eigenvalue weighted by atomic mass is 16.1. The molecule has 0 aliphatic rings. The maximum atomic E-state index is 12.5. The van der Waals surface area contributed by atoms with Gasteiger partial charge in [0.15, 0.2) is 0 Å². The van der Waals surface area contributed by atoms with Crippen molar-refractivity contribution < 1.29 is 4.79 Å². The number of hydrogen-bond donors (Lipinski definition) is 1. The molecule has 0 saturated carbocycles. The van der Waals surface area contributed by atoms with Crippen LogP contribution in [0.5, 0.6) is 0 Å². The van der Waals surface area contributed by atoms with E-state index in [9.17, 15) is 4.79 Å². The third-order valence-electron chi connectivity index (χ3n) is 4.44. The highest BCUT2D eigenvalue weighted by molar-refractivity contribution is 5.94. The largest absolute Gasteiger partial charge is 0.342 e. The number of unbranched alkanes of at least 4 members (excludes halogenated alkanes) is 2. The standard InChI is InChI=1S/C21H25N3O/c1-3-4-10-15-24-19-14-9-8-13-18(19)23-20(24)16(2)22-21(25)17-11-6-5-7-12-17/h5-9,11-14,16H,3-4,10,15H2,1-2H3,(H,22,25)/t16-/m1/s1. The molecular weight excluding hydrogens is 310 g/mol. The van der Waals surface area contributed by atoms with Crippen LogP contribution in [0.4, 0.5) is 0 Å². The lowest BCUT2D eigenvalue weighted by molar-refractivity contribution is 0.0937. The van der Waals surface area contributed by atoms with Crippen LogP contribution in [0.3, 0.4) is 0 Å². The molecule has 4 nitrogen and oxygen atoms in total. The summed E-state index contributed by atoms with van der Waals surface area (Å²) >= 11 is 0. The van der Waals surface area contributed by atoms with E-state index in [2.05, 4.69) is 22.9 Å². The Morgan fingerprint density at radius 1 is 1.08 bits per heavy atom.